The van der Waals surface area contributed by atoms with Gasteiger partial charge in [0.15, 0.2) is 0 Å². The average molecular weight is 346 g/mol. The minimum absolute atomic E-state index is 0.154. The Balaban J connectivity index is 1.84. The number of amides is 1. The largest absolute Gasteiger partial charge is 0.469 e. The summed E-state index contributed by atoms with van der Waals surface area (Å²) in [6, 6.07) is 3.12. The molecule has 0 unspecified atom stereocenters. The van der Waals surface area contributed by atoms with Crippen LogP contribution in [0.15, 0.2) is 16.9 Å². The molecule has 2 heterocycles. The maximum Gasteiger partial charge on any atom is 0.313 e. The van der Waals surface area contributed by atoms with Gasteiger partial charge in [-0.25, -0.2) is 0 Å². The maximum atomic E-state index is 12.9. The van der Waals surface area contributed by atoms with Crippen molar-refractivity contribution < 1.29 is 14.3 Å². The van der Waals surface area contributed by atoms with Crippen molar-refractivity contribution in [3.8, 4) is 0 Å². The van der Waals surface area contributed by atoms with E-state index in [1.165, 1.54) is 13.2 Å². The van der Waals surface area contributed by atoms with Gasteiger partial charge in [0.25, 0.3) is 5.91 Å². The Morgan fingerprint density at radius 1 is 1.40 bits per heavy atom. The Labute approximate surface area is 147 Å². The zero-order valence-electron chi connectivity index (χ0n) is 15.1. The van der Waals surface area contributed by atoms with Crippen LogP contribution in [0.5, 0.6) is 0 Å². The fourth-order valence-electron chi connectivity index (χ4n) is 4.44. The normalized spacial score (nSPS) is 25.3. The molecule has 1 saturated carbocycles. The van der Waals surface area contributed by atoms with Gasteiger partial charge in [0.05, 0.1) is 12.5 Å². The quantitative estimate of drug-likeness (QED) is 0.846. The standard InChI is InChI=1S/C19H26N2O4/c1-12(2)7-15-8-13(9-16(22)20-15)17(23)21-10-14-5-4-6-19(14,11-21)18(24)25-3/h8-9,12,14H,4-7,10-11H2,1-3H3,(H,20,22)/t14-,19-/m1/s1. The number of carbonyl (C=O) groups is 2. The van der Waals surface area contributed by atoms with E-state index in [-0.39, 0.29) is 23.4 Å². The molecule has 1 saturated heterocycles. The van der Waals surface area contributed by atoms with E-state index in [2.05, 4.69) is 18.8 Å². The summed E-state index contributed by atoms with van der Waals surface area (Å²) in [7, 11) is 1.41. The molecule has 25 heavy (non-hydrogen) atoms. The molecule has 1 aromatic heterocycles. The zero-order chi connectivity index (χ0) is 18.2. The number of aromatic nitrogens is 1. The van der Waals surface area contributed by atoms with Crippen LogP contribution in [-0.2, 0) is 16.0 Å². The van der Waals surface area contributed by atoms with Gasteiger partial charge in [0, 0.05) is 30.4 Å². The van der Waals surface area contributed by atoms with E-state index in [1.807, 2.05) is 0 Å². The van der Waals surface area contributed by atoms with Crippen molar-refractivity contribution in [2.24, 2.45) is 17.3 Å². The fraction of sp³-hybridized carbons (Fsp3) is 0.632. The number of nitrogens with zero attached hydrogens (tertiary/aromatic N) is 1. The van der Waals surface area contributed by atoms with E-state index >= 15 is 0 Å². The first-order valence-corrected chi connectivity index (χ1v) is 8.96. The number of methoxy groups -OCH3 is 1. The summed E-state index contributed by atoms with van der Waals surface area (Å²) >= 11 is 0. The van der Waals surface area contributed by atoms with E-state index in [9.17, 15) is 14.4 Å². The van der Waals surface area contributed by atoms with Crippen molar-refractivity contribution in [2.45, 2.75) is 39.5 Å². The minimum Gasteiger partial charge on any atom is -0.469 e. The Kier molecular flexibility index (Phi) is 4.71. The number of hydrogen-bond donors (Lipinski definition) is 1. The SMILES string of the molecule is COC(=O)[C@@]12CCC[C@@H]1CN(C(=O)c1cc(CC(C)C)[nH]c(=O)c1)C2. The molecule has 1 aliphatic carbocycles. The highest BCUT2D eigenvalue weighted by Gasteiger charge is 2.56. The van der Waals surface area contributed by atoms with Gasteiger partial charge >= 0.3 is 5.97 Å². The van der Waals surface area contributed by atoms with Gasteiger partial charge in [0.1, 0.15) is 0 Å². The highest BCUT2D eigenvalue weighted by atomic mass is 16.5. The van der Waals surface area contributed by atoms with E-state index in [4.69, 9.17) is 4.74 Å². The molecule has 0 radical (unpaired) electrons. The van der Waals surface area contributed by atoms with Crippen LogP contribution < -0.4 is 5.56 Å². The van der Waals surface area contributed by atoms with Gasteiger partial charge in [-0.15, -0.1) is 0 Å². The van der Waals surface area contributed by atoms with Gasteiger partial charge in [-0.05, 0) is 37.2 Å². The second-order valence-electron chi connectivity index (χ2n) is 7.78. The highest BCUT2D eigenvalue weighted by molar-refractivity contribution is 5.95. The lowest BCUT2D eigenvalue weighted by atomic mass is 9.81. The third-order valence-corrected chi connectivity index (χ3v) is 5.53. The molecule has 1 amide bonds. The van der Waals surface area contributed by atoms with E-state index in [0.717, 1.165) is 25.0 Å². The molecule has 2 aliphatic rings. The monoisotopic (exact) mass is 346 g/mol. The fourth-order valence-corrected chi connectivity index (χ4v) is 4.44. The van der Waals surface area contributed by atoms with Crippen molar-refractivity contribution >= 4 is 11.9 Å². The zero-order valence-corrected chi connectivity index (χ0v) is 15.1. The molecule has 1 aliphatic heterocycles. The van der Waals surface area contributed by atoms with Gasteiger partial charge in [-0.1, -0.05) is 20.3 Å². The lowest BCUT2D eigenvalue weighted by Gasteiger charge is -2.25. The van der Waals surface area contributed by atoms with Crippen LogP contribution in [0, 0.1) is 17.3 Å². The molecule has 1 N–H and O–H groups in total. The molecular formula is C19H26N2O4. The molecule has 0 aromatic carbocycles. The number of likely N-dealkylation sites (tertiary alicyclic amines) is 1. The number of H-pyrrole nitrogens is 1. The Morgan fingerprint density at radius 3 is 2.84 bits per heavy atom. The average Bonchev–Trinajstić information content (AvgIpc) is 3.10. The molecule has 3 rings (SSSR count). The number of aromatic amines is 1. The minimum atomic E-state index is -0.563. The Hall–Kier alpha value is -2.11. The molecular weight excluding hydrogens is 320 g/mol. The molecule has 2 fully saturated rings. The smallest absolute Gasteiger partial charge is 0.313 e. The van der Waals surface area contributed by atoms with Gasteiger partial charge in [-0.3, -0.25) is 14.4 Å². The van der Waals surface area contributed by atoms with Crippen molar-refractivity contribution in [2.75, 3.05) is 20.2 Å². The van der Waals surface area contributed by atoms with Crippen molar-refractivity contribution in [1.82, 2.24) is 9.88 Å². The van der Waals surface area contributed by atoms with Crippen LogP contribution in [0.3, 0.4) is 0 Å². The Morgan fingerprint density at radius 2 is 2.16 bits per heavy atom. The van der Waals surface area contributed by atoms with Gasteiger partial charge in [0.2, 0.25) is 5.56 Å². The van der Waals surface area contributed by atoms with Crippen LogP contribution in [-0.4, -0.2) is 42.0 Å². The molecule has 0 spiro atoms. The van der Waals surface area contributed by atoms with Crippen LogP contribution in [0.25, 0.3) is 0 Å². The summed E-state index contributed by atoms with van der Waals surface area (Å²) in [5.74, 6) is 0.154. The predicted octanol–water partition coefficient (Wildman–Crippen LogP) is 1.99. The Bertz CT molecular complexity index is 739. The number of hydrogen-bond acceptors (Lipinski definition) is 4. The highest BCUT2D eigenvalue weighted by Crippen LogP contribution is 2.49. The predicted molar refractivity (Wildman–Crippen MR) is 93.3 cm³/mol. The maximum absolute atomic E-state index is 12.9. The second-order valence-corrected chi connectivity index (χ2v) is 7.78. The molecule has 0 bridgehead atoms. The number of ether oxygens (including phenoxy) is 1. The first-order chi connectivity index (χ1) is 11.9. The molecule has 6 nitrogen and oxygen atoms in total. The van der Waals surface area contributed by atoms with E-state index < -0.39 is 5.41 Å². The topological polar surface area (TPSA) is 79.5 Å². The summed E-state index contributed by atoms with van der Waals surface area (Å²) < 4.78 is 5.02. The number of rotatable bonds is 4. The summed E-state index contributed by atoms with van der Waals surface area (Å²) in [6.07, 6.45) is 3.41. The summed E-state index contributed by atoms with van der Waals surface area (Å²) in [5.41, 5.74) is 0.350. The summed E-state index contributed by atoms with van der Waals surface area (Å²) in [5, 5.41) is 0. The first-order valence-electron chi connectivity index (χ1n) is 8.96. The van der Waals surface area contributed by atoms with Crippen molar-refractivity contribution in [1.29, 1.82) is 0 Å². The number of nitrogens with one attached hydrogen (secondary N) is 1. The van der Waals surface area contributed by atoms with Gasteiger partial charge < -0.3 is 14.6 Å². The molecule has 1 aromatic rings. The molecule has 2 atom stereocenters. The van der Waals surface area contributed by atoms with Crippen LogP contribution >= 0.6 is 0 Å². The second kappa shape index (κ2) is 6.65. The third-order valence-electron chi connectivity index (χ3n) is 5.53. The number of fused-ring (bicyclic) bond motifs is 1. The number of carbonyl (C=O) groups excluding carboxylic acids is 2. The number of pyridine rings is 1. The van der Waals surface area contributed by atoms with Crippen LogP contribution in [0.4, 0.5) is 0 Å². The third kappa shape index (κ3) is 3.22. The van der Waals surface area contributed by atoms with Crippen molar-refractivity contribution in [3.05, 3.63) is 33.7 Å². The lowest BCUT2D eigenvalue weighted by molar-refractivity contribution is -0.153. The summed E-state index contributed by atoms with van der Waals surface area (Å²) in [4.78, 5) is 41.7. The molecule has 136 valence electrons. The van der Waals surface area contributed by atoms with Crippen LogP contribution in [0.1, 0.15) is 49.2 Å². The first kappa shape index (κ1) is 17.7. The lowest BCUT2D eigenvalue weighted by Crippen LogP contribution is -2.38. The number of esters is 1. The molecule has 6 heteroatoms. The summed E-state index contributed by atoms with van der Waals surface area (Å²) in [6.45, 7) is 5.07. The van der Waals surface area contributed by atoms with E-state index in [1.54, 1.807) is 11.0 Å². The van der Waals surface area contributed by atoms with Crippen molar-refractivity contribution in [3.63, 3.8) is 0 Å². The van der Waals surface area contributed by atoms with Gasteiger partial charge in [-0.2, -0.15) is 0 Å². The van der Waals surface area contributed by atoms with Crippen LogP contribution in [0.2, 0.25) is 0 Å². The van der Waals surface area contributed by atoms with E-state index in [0.29, 0.717) is 31.0 Å².